The van der Waals surface area contributed by atoms with E-state index in [0.717, 1.165) is 16.9 Å². The van der Waals surface area contributed by atoms with Gasteiger partial charge >= 0.3 is 11.0 Å². The van der Waals surface area contributed by atoms with Gasteiger partial charge in [-0.1, -0.05) is 23.5 Å². The zero-order valence-corrected chi connectivity index (χ0v) is 13.4. The van der Waals surface area contributed by atoms with Gasteiger partial charge in [0, 0.05) is 12.1 Å². The van der Waals surface area contributed by atoms with Gasteiger partial charge in [-0.3, -0.25) is 15.1 Å². The van der Waals surface area contributed by atoms with Gasteiger partial charge in [-0.2, -0.15) is 0 Å². The second-order valence-corrected chi connectivity index (χ2v) is 6.85. The van der Waals surface area contributed by atoms with Gasteiger partial charge in [-0.25, -0.2) is 4.79 Å². The van der Waals surface area contributed by atoms with Crippen LogP contribution in [0.2, 0.25) is 0 Å². The van der Waals surface area contributed by atoms with Gasteiger partial charge in [-0.05, 0) is 38.5 Å². The van der Waals surface area contributed by atoms with Gasteiger partial charge in [0.1, 0.15) is 5.60 Å². The lowest BCUT2D eigenvalue weighted by Gasteiger charge is -2.19. The van der Waals surface area contributed by atoms with E-state index in [2.05, 4.69) is 10.3 Å². The number of aromatic nitrogens is 1. The Morgan fingerprint density at radius 2 is 1.95 bits per heavy atom. The molecule has 0 aliphatic heterocycles. The van der Waals surface area contributed by atoms with Crippen molar-refractivity contribution in [1.82, 2.24) is 4.98 Å². The van der Waals surface area contributed by atoms with Crippen LogP contribution in [-0.2, 0) is 11.2 Å². The number of carbonyl (C=O) groups excluding carboxylic acids is 1. The van der Waals surface area contributed by atoms with Crippen LogP contribution >= 0.6 is 11.3 Å². The first kappa shape index (κ1) is 16.1. The minimum Gasteiger partial charge on any atom is -0.494 e. The topological polar surface area (TPSA) is 91.4 Å². The molecule has 6 nitrogen and oxygen atoms in total. The third-order valence-electron chi connectivity index (χ3n) is 2.66. The summed E-state index contributed by atoms with van der Waals surface area (Å²) in [6, 6.07) is 7.12. The van der Waals surface area contributed by atoms with E-state index in [1.807, 2.05) is 12.1 Å². The van der Waals surface area contributed by atoms with Crippen LogP contribution in [-0.4, -0.2) is 21.8 Å². The van der Waals surface area contributed by atoms with E-state index in [9.17, 15) is 14.7 Å². The lowest BCUT2D eigenvalue weighted by atomic mass is 10.1. The maximum Gasteiger partial charge on any atom is 0.412 e. The summed E-state index contributed by atoms with van der Waals surface area (Å²) in [5.74, 6) is -0.0917. The number of hydrogen-bond donors (Lipinski definition) is 3. The fourth-order valence-corrected chi connectivity index (χ4v) is 2.54. The molecule has 0 atom stereocenters. The van der Waals surface area contributed by atoms with Crippen LogP contribution in [0.15, 0.2) is 29.1 Å². The number of amides is 1. The number of aromatic hydroxyl groups is 1. The van der Waals surface area contributed by atoms with Gasteiger partial charge in [0.25, 0.3) is 0 Å². The molecule has 0 spiro atoms. The van der Waals surface area contributed by atoms with E-state index in [1.165, 1.54) is 0 Å². The molecule has 2 aromatic rings. The number of hydrogen-bond acceptors (Lipinski definition) is 5. The Hall–Kier alpha value is -2.28. The molecule has 1 heterocycles. The quantitative estimate of drug-likeness (QED) is 0.810. The van der Waals surface area contributed by atoms with Crippen LogP contribution in [0.5, 0.6) is 5.88 Å². The standard InChI is InChI=1S/C15H18N2O4S/c1-15(2,3)21-13(19)16-10-6-4-9(5-7-10)8-11-12(18)17-14(20)22-11/h4-7,18H,8H2,1-3H3,(H,16,19)(H,17,20). The maximum absolute atomic E-state index is 11.6. The largest absolute Gasteiger partial charge is 0.494 e. The summed E-state index contributed by atoms with van der Waals surface area (Å²) in [6.07, 6.45) is -0.0659. The molecule has 118 valence electrons. The molecule has 1 amide bonds. The number of thiazole rings is 1. The Balaban J connectivity index is 2.00. The summed E-state index contributed by atoms with van der Waals surface area (Å²) in [5.41, 5.74) is 0.984. The van der Waals surface area contributed by atoms with Crippen molar-refractivity contribution in [2.24, 2.45) is 0 Å². The molecular weight excluding hydrogens is 304 g/mol. The van der Waals surface area contributed by atoms with Gasteiger partial charge < -0.3 is 9.84 Å². The summed E-state index contributed by atoms with van der Waals surface area (Å²) < 4.78 is 5.17. The normalized spacial score (nSPS) is 11.2. The molecule has 0 bridgehead atoms. The van der Waals surface area contributed by atoms with Crippen molar-refractivity contribution in [1.29, 1.82) is 0 Å². The monoisotopic (exact) mass is 322 g/mol. The predicted octanol–water partition coefficient (Wildman–Crippen LogP) is 3.08. The minimum absolute atomic E-state index is 0.0917. The molecular formula is C15H18N2O4S. The number of H-pyrrole nitrogens is 1. The summed E-state index contributed by atoms with van der Waals surface area (Å²) in [7, 11) is 0. The highest BCUT2D eigenvalue weighted by molar-refractivity contribution is 7.09. The molecule has 1 aromatic heterocycles. The molecule has 0 saturated heterocycles. The minimum atomic E-state index is -0.548. The number of anilines is 1. The number of aromatic amines is 1. The Kier molecular flexibility index (Phi) is 4.56. The fraction of sp³-hybridized carbons (Fsp3) is 0.333. The van der Waals surface area contributed by atoms with Crippen molar-refractivity contribution in [2.75, 3.05) is 5.32 Å². The average molecular weight is 322 g/mol. The second kappa shape index (κ2) is 6.23. The molecule has 3 N–H and O–H groups in total. The number of nitrogens with one attached hydrogen (secondary N) is 2. The molecule has 7 heteroatoms. The predicted molar refractivity (Wildman–Crippen MR) is 85.7 cm³/mol. The molecule has 2 rings (SSSR count). The van der Waals surface area contributed by atoms with Gasteiger partial charge in [0.2, 0.25) is 5.88 Å². The van der Waals surface area contributed by atoms with Crippen LogP contribution in [0.3, 0.4) is 0 Å². The summed E-state index contributed by atoms with van der Waals surface area (Å²) in [6.45, 7) is 5.39. The van der Waals surface area contributed by atoms with Crippen molar-refractivity contribution in [2.45, 2.75) is 32.8 Å². The average Bonchev–Trinajstić information content (AvgIpc) is 2.68. The van der Waals surface area contributed by atoms with Gasteiger partial charge in [0.15, 0.2) is 0 Å². The van der Waals surface area contributed by atoms with E-state index < -0.39 is 11.7 Å². The lowest BCUT2D eigenvalue weighted by Crippen LogP contribution is -2.27. The third kappa shape index (κ3) is 4.63. The molecule has 0 fully saturated rings. The first-order chi connectivity index (χ1) is 10.2. The lowest BCUT2D eigenvalue weighted by molar-refractivity contribution is 0.0636. The molecule has 0 radical (unpaired) electrons. The third-order valence-corrected chi connectivity index (χ3v) is 3.54. The molecule has 0 aliphatic rings. The van der Waals surface area contributed by atoms with Crippen LogP contribution < -0.4 is 10.2 Å². The Morgan fingerprint density at radius 3 is 2.45 bits per heavy atom. The van der Waals surface area contributed by atoms with E-state index >= 15 is 0 Å². The summed E-state index contributed by atoms with van der Waals surface area (Å²) in [5, 5.41) is 12.2. The fourth-order valence-electron chi connectivity index (χ4n) is 1.78. The van der Waals surface area contributed by atoms with Crippen molar-refractivity contribution in [3.8, 4) is 5.88 Å². The van der Waals surface area contributed by atoms with Crippen LogP contribution in [0.1, 0.15) is 31.2 Å². The van der Waals surface area contributed by atoms with Crippen molar-refractivity contribution >= 4 is 23.1 Å². The van der Waals surface area contributed by atoms with Crippen LogP contribution in [0, 0.1) is 0 Å². The molecule has 1 aromatic carbocycles. The number of benzene rings is 1. The smallest absolute Gasteiger partial charge is 0.412 e. The summed E-state index contributed by atoms with van der Waals surface area (Å²) >= 11 is 0.980. The Labute approximate surface area is 131 Å². The van der Waals surface area contributed by atoms with Crippen LogP contribution in [0.25, 0.3) is 0 Å². The van der Waals surface area contributed by atoms with E-state index in [-0.39, 0.29) is 10.8 Å². The maximum atomic E-state index is 11.6. The zero-order chi connectivity index (χ0) is 16.3. The molecule has 22 heavy (non-hydrogen) atoms. The molecule has 0 aliphatic carbocycles. The molecule has 0 saturated carbocycles. The number of carbonyl (C=O) groups is 1. The second-order valence-electron chi connectivity index (χ2n) is 5.79. The highest BCUT2D eigenvalue weighted by atomic mass is 32.1. The highest BCUT2D eigenvalue weighted by Crippen LogP contribution is 2.21. The van der Waals surface area contributed by atoms with Gasteiger partial charge in [-0.15, -0.1) is 0 Å². The Bertz CT molecular complexity index is 710. The first-order valence-electron chi connectivity index (χ1n) is 6.73. The number of ether oxygens (including phenoxy) is 1. The summed E-state index contributed by atoms with van der Waals surface area (Å²) in [4.78, 5) is 25.4. The SMILES string of the molecule is CC(C)(C)OC(=O)Nc1ccc(Cc2sc(=O)[nH]c2O)cc1. The van der Waals surface area contributed by atoms with E-state index in [0.29, 0.717) is 17.0 Å². The van der Waals surface area contributed by atoms with Gasteiger partial charge in [0.05, 0.1) is 4.88 Å². The zero-order valence-electron chi connectivity index (χ0n) is 12.6. The van der Waals surface area contributed by atoms with Crippen LogP contribution in [0.4, 0.5) is 10.5 Å². The van der Waals surface area contributed by atoms with E-state index in [1.54, 1.807) is 32.9 Å². The number of rotatable bonds is 3. The van der Waals surface area contributed by atoms with Crippen molar-refractivity contribution in [3.05, 3.63) is 44.4 Å². The van der Waals surface area contributed by atoms with Crippen molar-refractivity contribution in [3.63, 3.8) is 0 Å². The van der Waals surface area contributed by atoms with Crippen molar-refractivity contribution < 1.29 is 14.6 Å². The van der Waals surface area contributed by atoms with E-state index in [4.69, 9.17) is 4.74 Å². The Morgan fingerprint density at radius 1 is 1.32 bits per heavy atom. The highest BCUT2D eigenvalue weighted by Gasteiger charge is 2.16. The first-order valence-corrected chi connectivity index (χ1v) is 7.54. The molecule has 0 unspecified atom stereocenters.